The van der Waals surface area contributed by atoms with Crippen molar-refractivity contribution in [2.45, 2.75) is 26.7 Å². The Bertz CT molecular complexity index is 385. The number of amides is 1. The van der Waals surface area contributed by atoms with Crippen molar-refractivity contribution in [2.24, 2.45) is 12.5 Å². The summed E-state index contributed by atoms with van der Waals surface area (Å²) in [6.07, 6.45) is 2.95. The van der Waals surface area contributed by atoms with Crippen LogP contribution in [0.3, 0.4) is 0 Å². The number of aryl methyl sites for hydroxylation is 2. The van der Waals surface area contributed by atoms with Crippen molar-refractivity contribution in [3.05, 3.63) is 18.0 Å². The molecule has 0 atom stereocenters. The third kappa shape index (κ3) is 4.87. The van der Waals surface area contributed by atoms with E-state index < -0.39 is 0 Å². The lowest BCUT2D eigenvalue weighted by atomic mass is 9.95. The summed E-state index contributed by atoms with van der Waals surface area (Å²) in [6.45, 7) is 5.40. The molecule has 5 nitrogen and oxygen atoms in total. The van der Waals surface area contributed by atoms with Crippen LogP contribution in [0.1, 0.15) is 26.0 Å². The fraction of sp³-hybridized carbons (Fsp3) is 0.692. The lowest BCUT2D eigenvalue weighted by Gasteiger charge is -2.23. The van der Waals surface area contributed by atoms with Crippen LogP contribution in [0.5, 0.6) is 0 Å². The molecule has 1 aromatic heterocycles. The normalized spacial score (nSPS) is 11.6. The molecule has 5 heteroatoms. The average molecular weight is 253 g/mol. The SMILES string of the molecule is COCC(C)(C)CNC(=O)CCc1ccnn1C. The van der Waals surface area contributed by atoms with E-state index in [1.807, 2.05) is 13.1 Å². The molecule has 18 heavy (non-hydrogen) atoms. The van der Waals surface area contributed by atoms with E-state index in [-0.39, 0.29) is 11.3 Å². The minimum Gasteiger partial charge on any atom is -0.384 e. The molecule has 0 spiro atoms. The summed E-state index contributed by atoms with van der Waals surface area (Å²) < 4.78 is 6.90. The number of carbonyl (C=O) groups excluding carboxylic acids is 1. The summed E-state index contributed by atoms with van der Waals surface area (Å²) in [5, 5.41) is 7.01. The molecule has 0 saturated carbocycles. The van der Waals surface area contributed by atoms with E-state index in [0.29, 0.717) is 26.0 Å². The average Bonchev–Trinajstić information content (AvgIpc) is 2.70. The largest absolute Gasteiger partial charge is 0.384 e. The van der Waals surface area contributed by atoms with E-state index in [9.17, 15) is 4.79 Å². The summed E-state index contributed by atoms with van der Waals surface area (Å²) in [6, 6.07) is 1.93. The summed E-state index contributed by atoms with van der Waals surface area (Å²) in [5.74, 6) is 0.0698. The molecule has 1 rings (SSSR count). The number of methoxy groups -OCH3 is 1. The highest BCUT2D eigenvalue weighted by Crippen LogP contribution is 2.13. The van der Waals surface area contributed by atoms with Gasteiger partial charge in [0.05, 0.1) is 6.61 Å². The van der Waals surface area contributed by atoms with E-state index >= 15 is 0 Å². The van der Waals surface area contributed by atoms with Crippen LogP contribution in [0.25, 0.3) is 0 Å². The van der Waals surface area contributed by atoms with Gasteiger partial charge < -0.3 is 10.1 Å². The fourth-order valence-electron chi connectivity index (χ4n) is 1.76. The molecule has 0 fully saturated rings. The summed E-state index contributed by atoms with van der Waals surface area (Å²) in [5.41, 5.74) is 1.04. The molecule has 0 unspecified atom stereocenters. The second-order valence-electron chi connectivity index (χ2n) is 5.32. The van der Waals surface area contributed by atoms with Crippen molar-refractivity contribution in [1.82, 2.24) is 15.1 Å². The van der Waals surface area contributed by atoms with Crippen LogP contribution in [0.2, 0.25) is 0 Å². The third-order valence-electron chi connectivity index (χ3n) is 2.83. The van der Waals surface area contributed by atoms with Gasteiger partial charge in [-0.3, -0.25) is 9.48 Å². The van der Waals surface area contributed by atoms with Gasteiger partial charge >= 0.3 is 0 Å². The Morgan fingerprint density at radius 3 is 2.83 bits per heavy atom. The molecular weight excluding hydrogens is 230 g/mol. The maximum Gasteiger partial charge on any atom is 0.220 e. The summed E-state index contributed by atoms with van der Waals surface area (Å²) in [7, 11) is 3.56. The van der Waals surface area contributed by atoms with Crippen molar-refractivity contribution in [3.63, 3.8) is 0 Å². The molecule has 1 amide bonds. The predicted octanol–water partition coefficient (Wildman–Crippen LogP) is 1.14. The fourth-order valence-corrected chi connectivity index (χ4v) is 1.76. The molecule has 0 radical (unpaired) electrons. The highest BCUT2D eigenvalue weighted by Gasteiger charge is 2.18. The van der Waals surface area contributed by atoms with Gasteiger partial charge in [0.2, 0.25) is 5.91 Å². The number of hydrogen-bond donors (Lipinski definition) is 1. The molecule has 0 aliphatic carbocycles. The Balaban J connectivity index is 2.28. The number of nitrogens with zero attached hydrogens (tertiary/aromatic N) is 2. The zero-order valence-corrected chi connectivity index (χ0v) is 11.7. The van der Waals surface area contributed by atoms with Gasteiger partial charge in [-0.1, -0.05) is 13.8 Å². The zero-order chi connectivity index (χ0) is 13.6. The molecule has 0 aliphatic rings. The van der Waals surface area contributed by atoms with Crippen molar-refractivity contribution in [1.29, 1.82) is 0 Å². The Morgan fingerprint density at radius 1 is 1.56 bits per heavy atom. The first-order valence-corrected chi connectivity index (χ1v) is 6.17. The lowest BCUT2D eigenvalue weighted by molar-refractivity contribution is -0.121. The van der Waals surface area contributed by atoms with Crippen LogP contribution in [0.15, 0.2) is 12.3 Å². The second kappa shape index (κ2) is 6.54. The lowest BCUT2D eigenvalue weighted by Crippen LogP contribution is -2.36. The van der Waals surface area contributed by atoms with Crippen molar-refractivity contribution in [3.8, 4) is 0 Å². The van der Waals surface area contributed by atoms with Crippen molar-refractivity contribution < 1.29 is 9.53 Å². The first-order valence-electron chi connectivity index (χ1n) is 6.17. The molecule has 1 N–H and O–H groups in total. The Hall–Kier alpha value is -1.36. The second-order valence-corrected chi connectivity index (χ2v) is 5.32. The number of rotatable bonds is 7. The van der Waals surface area contributed by atoms with Crippen molar-refractivity contribution in [2.75, 3.05) is 20.3 Å². The van der Waals surface area contributed by atoms with E-state index in [1.54, 1.807) is 18.0 Å². The number of aromatic nitrogens is 2. The number of carbonyl (C=O) groups is 1. The smallest absolute Gasteiger partial charge is 0.220 e. The first kappa shape index (κ1) is 14.7. The van der Waals surface area contributed by atoms with E-state index in [4.69, 9.17) is 4.74 Å². The molecule has 0 aromatic carbocycles. The molecule has 0 bridgehead atoms. The monoisotopic (exact) mass is 253 g/mol. The minimum absolute atomic E-state index is 0.0308. The van der Waals surface area contributed by atoms with Crippen molar-refractivity contribution >= 4 is 5.91 Å². The number of hydrogen-bond acceptors (Lipinski definition) is 3. The zero-order valence-electron chi connectivity index (χ0n) is 11.7. The van der Waals surface area contributed by atoms with Gasteiger partial charge in [0.1, 0.15) is 0 Å². The highest BCUT2D eigenvalue weighted by atomic mass is 16.5. The van der Waals surface area contributed by atoms with Gasteiger partial charge in [-0.15, -0.1) is 0 Å². The summed E-state index contributed by atoms with van der Waals surface area (Å²) in [4.78, 5) is 11.7. The maximum absolute atomic E-state index is 11.7. The van der Waals surface area contributed by atoms with Crippen LogP contribution in [0, 0.1) is 5.41 Å². The minimum atomic E-state index is -0.0308. The van der Waals surface area contributed by atoms with E-state index in [2.05, 4.69) is 24.3 Å². The van der Waals surface area contributed by atoms with Gasteiger partial charge in [-0.05, 0) is 12.5 Å². The molecule has 0 aliphatic heterocycles. The number of nitrogens with one attached hydrogen (secondary N) is 1. The quantitative estimate of drug-likeness (QED) is 0.793. The molecule has 102 valence electrons. The standard InChI is InChI=1S/C13H23N3O2/c1-13(2,10-18-4)9-14-12(17)6-5-11-7-8-15-16(11)3/h7-8H,5-6,9-10H2,1-4H3,(H,14,17). The van der Waals surface area contributed by atoms with Gasteiger partial charge in [0.15, 0.2) is 0 Å². The van der Waals surface area contributed by atoms with Gasteiger partial charge in [-0.25, -0.2) is 0 Å². The molecule has 1 aromatic rings. The Labute approximate surface area is 109 Å². The van der Waals surface area contributed by atoms with Gasteiger partial charge in [0, 0.05) is 44.4 Å². The summed E-state index contributed by atoms with van der Waals surface area (Å²) >= 11 is 0. The Morgan fingerprint density at radius 2 is 2.28 bits per heavy atom. The molecular formula is C13H23N3O2. The van der Waals surface area contributed by atoms with Gasteiger partial charge in [-0.2, -0.15) is 5.10 Å². The van der Waals surface area contributed by atoms with Crippen LogP contribution in [-0.2, 0) is 23.0 Å². The Kier molecular flexibility index (Phi) is 5.34. The molecule has 1 heterocycles. The molecule has 0 saturated heterocycles. The van der Waals surface area contributed by atoms with Crippen LogP contribution < -0.4 is 5.32 Å². The predicted molar refractivity (Wildman–Crippen MR) is 70.2 cm³/mol. The topological polar surface area (TPSA) is 56.1 Å². The number of ether oxygens (including phenoxy) is 1. The van der Waals surface area contributed by atoms with E-state index in [0.717, 1.165) is 5.69 Å². The van der Waals surface area contributed by atoms with Crippen LogP contribution in [-0.4, -0.2) is 35.9 Å². The third-order valence-corrected chi connectivity index (χ3v) is 2.83. The van der Waals surface area contributed by atoms with Gasteiger partial charge in [0.25, 0.3) is 0 Å². The van der Waals surface area contributed by atoms with E-state index in [1.165, 1.54) is 0 Å². The highest BCUT2D eigenvalue weighted by molar-refractivity contribution is 5.76. The maximum atomic E-state index is 11.7. The first-order chi connectivity index (χ1) is 8.44. The van der Waals surface area contributed by atoms with Crippen LogP contribution in [0.4, 0.5) is 0 Å². The van der Waals surface area contributed by atoms with Crippen LogP contribution >= 0.6 is 0 Å².